The number of hydrogen-bond acceptors (Lipinski definition) is 5. The largest absolute Gasteiger partial charge is 0.493 e. The number of nitrogens with zero attached hydrogens (tertiary/aromatic N) is 2. The zero-order valence-corrected chi connectivity index (χ0v) is 19.4. The number of nitriles is 1. The van der Waals surface area contributed by atoms with Gasteiger partial charge in [0.05, 0.1) is 20.3 Å². The van der Waals surface area contributed by atoms with E-state index in [0.29, 0.717) is 40.7 Å². The van der Waals surface area contributed by atoms with Crippen molar-refractivity contribution in [1.82, 2.24) is 4.90 Å². The van der Waals surface area contributed by atoms with Crippen LogP contribution in [-0.4, -0.2) is 30.4 Å². The van der Waals surface area contributed by atoms with Crippen LogP contribution in [0.2, 0.25) is 0 Å². The third-order valence-corrected chi connectivity index (χ3v) is 5.46. The molecule has 170 valence electrons. The molecule has 1 heterocycles. The molecule has 0 aliphatic carbocycles. The molecule has 0 bridgehead atoms. The first-order valence-corrected chi connectivity index (χ1v) is 10.9. The molecule has 6 heteroatoms. The Morgan fingerprint density at radius 1 is 1.06 bits per heavy atom. The minimum Gasteiger partial charge on any atom is -0.493 e. The second-order valence-electron chi connectivity index (χ2n) is 8.29. The highest BCUT2D eigenvalue weighted by molar-refractivity contribution is 6.19. The third kappa shape index (κ3) is 5.50. The van der Waals surface area contributed by atoms with E-state index < -0.39 is 11.8 Å². The maximum absolute atomic E-state index is 13.3. The number of rotatable bonds is 8. The molecule has 0 saturated heterocycles. The number of ether oxygens (including phenoxy) is 2. The molecule has 3 rings (SSSR count). The molecule has 2 amide bonds. The summed E-state index contributed by atoms with van der Waals surface area (Å²) in [5.74, 6) is 0.698. The van der Waals surface area contributed by atoms with Crippen LogP contribution in [0.4, 0.5) is 0 Å². The Morgan fingerprint density at radius 3 is 2.42 bits per heavy atom. The van der Waals surface area contributed by atoms with Crippen LogP contribution in [0.3, 0.4) is 0 Å². The summed E-state index contributed by atoms with van der Waals surface area (Å²) >= 11 is 0. The quantitative estimate of drug-likeness (QED) is 0.427. The highest BCUT2D eigenvalue weighted by atomic mass is 16.5. The standard InChI is InChI=1S/C27H28N2O4/c1-18(2)12-13-33-24-11-10-21(15-25(24)32-4)14-22-19(3)23(16-28)27(31)29(26(22)30)17-20-8-6-5-7-9-20/h5-11,14-15,18H,12-13,17H2,1-4H3/b22-14+. The topological polar surface area (TPSA) is 79.6 Å². The number of hydrogen-bond donors (Lipinski definition) is 0. The lowest BCUT2D eigenvalue weighted by Gasteiger charge is -2.27. The van der Waals surface area contributed by atoms with Crippen molar-refractivity contribution in [2.45, 2.75) is 33.7 Å². The van der Waals surface area contributed by atoms with E-state index in [-0.39, 0.29) is 12.1 Å². The number of methoxy groups -OCH3 is 1. The Bertz CT molecular complexity index is 1140. The van der Waals surface area contributed by atoms with Gasteiger partial charge in [-0.05, 0) is 54.2 Å². The lowest BCUT2D eigenvalue weighted by molar-refractivity contribution is -0.141. The second-order valence-corrected chi connectivity index (χ2v) is 8.29. The molecule has 0 aromatic heterocycles. The van der Waals surface area contributed by atoms with Crippen LogP contribution < -0.4 is 9.47 Å². The van der Waals surface area contributed by atoms with Gasteiger partial charge in [-0.3, -0.25) is 14.5 Å². The molecule has 0 spiro atoms. The average molecular weight is 445 g/mol. The van der Waals surface area contributed by atoms with Crippen molar-refractivity contribution in [1.29, 1.82) is 5.26 Å². The molecule has 0 fully saturated rings. The fourth-order valence-corrected chi connectivity index (χ4v) is 3.50. The van der Waals surface area contributed by atoms with Crippen molar-refractivity contribution in [3.05, 3.63) is 76.4 Å². The van der Waals surface area contributed by atoms with E-state index in [9.17, 15) is 14.9 Å². The summed E-state index contributed by atoms with van der Waals surface area (Å²) < 4.78 is 11.3. The van der Waals surface area contributed by atoms with E-state index in [1.165, 1.54) is 0 Å². The molecular formula is C27H28N2O4. The predicted molar refractivity (Wildman–Crippen MR) is 126 cm³/mol. The molecule has 2 aromatic rings. The predicted octanol–water partition coefficient (Wildman–Crippen LogP) is 4.91. The minimum absolute atomic E-state index is 0.0302. The highest BCUT2D eigenvalue weighted by Gasteiger charge is 2.35. The van der Waals surface area contributed by atoms with E-state index in [4.69, 9.17) is 9.47 Å². The molecule has 33 heavy (non-hydrogen) atoms. The van der Waals surface area contributed by atoms with Crippen molar-refractivity contribution in [3.8, 4) is 17.6 Å². The van der Waals surface area contributed by atoms with Gasteiger partial charge in [-0.1, -0.05) is 50.2 Å². The van der Waals surface area contributed by atoms with Crippen molar-refractivity contribution in [2.24, 2.45) is 5.92 Å². The van der Waals surface area contributed by atoms with E-state index in [1.807, 2.05) is 42.5 Å². The van der Waals surface area contributed by atoms with Gasteiger partial charge in [-0.25, -0.2) is 0 Å². The molecular weight excluding hydrogens is 416 g/mol. The van der Waals surface area contributed by atoms with Gasteiger partial charge in [-0.15, -0.1) is 0 Å². The van der Waals surface area contributed by atoms with Crippen molar-refractivity contribution in [2.75, 3.05) is 13.7 Å². The van der Waals surface area contributed by atoms with Gasteiger partial charge in [-0.2, -0.15) is 5.26 Å². The molecule has 0 unspecified atom stereocenters. The second kappa shape index (κ2) is 10.6. The lowest BCUT2D eigenvalue weighted by atomic mass is 9.93. The Kier molecular flexibility index (Phi) is 7.68. The first-order chi connectivity index (χ1) is 15.8. The number of carbonyl (C=O) groups is 2. The van der Waals surface area contributed by atoms with Crippen LogP contribution in [0.15, 0.2) is 65.3 Å². The van der Waals surface area contributed by atoms with Gasteiger partial charge in [0.1, 0.15) is 11.6 Å². The summed E-state index contributed by atoms with van der Waals surface area (Å²) in [5, 5.41) is 9.60. The Labute approximate surface area is 194 Å². The molecule has 2 aromatic carbocycles. The van der Waals surface area contributed by atoms with Gasteiger partial charge in [0, 0.05) is 5.57 Å². The van der Waals surface area contributed by atoms with E-state index >= 15 is 0 Å². The van der Waals surface area contributed by atoms with Crippen LogP contribution in [0.25, 0.3) is 6.08 Å². The van der Waals surface area contributed by atoms with Gasteiger partial charge in [0.2, 0.25) is 0 Å². The lowest BCUT2D eigenvalue weighted by Crippen LogP contribution is -2.42. The number of imide groups is 1. The van der Waals surface area contributed by atoms with Gasteiger partial charge >= 0.3 is 0 Å². The molecule has 0 N–H and O–H groups in total. The van der Waals surface area contributed by atoms with Gasteiger partial charge < -0.3 is 9.47 Å². The summed E-state index contributed by atoms with van der Waals surface area (Å²) in [4.78, 5) is 27.2. The fourth-order valence-electron chi connectivity index (χ4n) is 3.50. The summed E-state index contributed by atoms with van der Waals surface area (Å²) in [6, 6.07) is 16.6. The zero-order chi connectivity index (χ0) is 24.0. The smallest absolute Gasteiger partial charge is 0.271 e. The van der Waals surface area contributed by atoms with Crippen molar-refractivity contribution >= 4 is 17.9 Å². The van der Waals surface area contributed by atoms with Crippen molar-refractivity contribution < 1.29 is 19.1 Å². The van der Waals surface area contributed by atoms with Crippen LogP contribution in [-0.2, 0) is 16.1 Å². The number of carbonyl (C=O) groups excluding carboxylic acids is 2. The summed E-state index contributed by atoms with van der Waals surface area (Å²) in [6.45, 7) is 6.57. The number of benzene rings is 2. The van der Waals surface area contributed by atoms with E-state index in [2.05, 4.69) is 13.8 Å². The zero-order valence-electron chi connectivity index (χ0n) is 19.4. The maximum Gasteiger partial charge on any atom is 0.271 e. The summed E-state index contributed by atoms with van der Waals surface area (Å²) in [7, 11) is 1.56. The third-order valence-electron chi connectivity index (χ3n) is 5.46. The highest BCUT2D eigenvalue weighted by Crippen LogP contribution is 2.32. The van der Waals surface area contributed by atoms with Gasteiger partial charge in [0.15, 0.2) is 11.5 Å². The van der Waals surface area contributed by atoms with Gasteiger partial charge in [0.25, 0.3) is 11.8 Å². The van der Waals surface area contributed by atoms with Crippen molar-refractivity contribution in [3.63, 3.8) is 0 Å². The molecule has 0 atom stereocenters. The first-order valence-electron chi connectivity index (χ1n) is 10.9. The molecule has 0 radical (unpaired) electrons. The van der Waals surface area contributed by atoms with Crippen LogP contribution in [0, 0.1) is 17.2 Å². The molecule has 0 saturated carbocycles. The molecule has 1 aliphatic rings. The molecule has 6 nitrogen and oxygen atoms in total. The van der Waals surface area contributed by atoms with Crippen LogP contribution in [0.5, 0.6) is 11.5 Å². The fraction of sp³-hybridized carbons (Fsp3) is 0.296. The average Bonchev–Trinajstić information content (AvgIpc) is 2.81. The van der Waals surface area contributed by atoms with Crippen LogP contribution in [0.1, 0.15) is 38.3 Å². The molecule has 1 aliphatic heterocycles. The summed E-state index contributed by atoms with van der Waals surface area (Å²) in [5.41, 5.74) is 2.15. The normalized spacial score (nSPS) is 15.3. The Morgan fingerprint density at radius 2 is 1.79 bits per heavy atom. The minimum atomic E-state index is -0.576. The monoisotopic (exact) mass is 444 g/mol. The Balaban J connectivity index is 1.95. The van der Waals surface area contributed by atoms with E-state index in [0.717, 1.165) is 16.9 Å². The van der Waals surface area contributed by atoms with Crippen LogP contribution >= 0.6 is 0 Å². The van der Waals surface area contributed by atoms with E-state index in [1.54, 1.807) is 32.2 Å². The Hall–Kier alpha value is -3.85. The SMILES string of the molecule is COc1cc(/C=C2/C(=O)N(Cc3ccccc3)C(=O)C(C#N)=C2C)ccc1OCCC(C)C. The number of amides is 2. The maximum atomic E-state index is 13.3. The first kappa shape index (κ1) is 23.8. The summed E-state index contributed by atoms with van der Waals surface area (Å²) in [6.07, 6.45) is 2.61.